The van der Waals surface area contributed by atoms with E-state index in [1.165, 1.54) is 12.1 Å². The number of anilines is 1. The van der Waals surface area contributed by atoms with Crippen molar-refractivity contribution in [1.82, 2.24) is 4.98 Å². The first-order chi connectivity index (χ1) is 7.65. The molecule has 0 spiro atoms. The summed E-state index contributed by atoms with van der Waals surface area (Å²) in [4.78, 5) is 3.99. The van der Waals surface area contributed by atoms with Gasteiger partial charge in [-0.3, -0.25) is 0 Å². The highest BCUT2D eigenvalue weighted by atomic mass is 19.1. The SMILES string of the molecule is Cc1cc(F)ccc1Oc1cccc(N)n1. The molecule has 1 aromatic heterocycles. The number of aryl methyl sites for hydroxylation is 1. The minimum atomic E-state index is -0.287. The summed E-state index contributed by atoms with van der Waals surface area (Å²) in [6.07, 6.45) is 0. The van der Waals surface area contributed by atoms with E-state index in [0.29, 0.717) is 23.0 Å². The van der Waals surface area contributed by atoms with Crippen molar-refractivity contribution in [3.05, 3.63) is 47.8 Å². The van der Waals surface area contributed by atoms with Crippen LogP contribution in [0.3, 0.4) is 0 Å². The molecule has 0 atom stereocenters. The molecular formula is C12H11FN2O. The van der Waals surface area contributed by atoms with Crippen LogP contribution in [-0.4, -0.2) is 4.98 Å². The smallest absolute Gasteiger partial charge is 0.221 e. The van der Waals surface area contributed by atoms with Gasteiger partial charge in [-0.15, -0.1) is 0 Å². The van der Waals surface area contributed by atoms with Crippen LogP contribution in [-0.2, 0) is 0 Å². The van der Waals surface area contributed by atoms with Gasteiger partial charge < -0.3 is 10.5 Å². The standard InChI is InChI=1S/C12H11FN2O/c1-8-7-9(13)5-6-10(8)16-12-4-2-3-11(14)15-12/h2-7H,1H3,(H2,14,15). The Labute approximate surface area is 92.7 Å². The van der Waals surface area contributed by atoms with Crippen LogP contribution in [0.4, 0.5) is 10.2 Å². The lowest BCUT2D eigenvalue weighted by molar-refractivity contribution is 0.458. The zero-order valence-corrected chi connectivity index (χ0v) is 8.77. The maximum Gasteiger partial charge on any atom is 0.221 e. The lowest BCUT2D eigenvalue weighted by Crippen LogP contribution is -1.94. The van der Waals surface area contributed by atoms with E-state index in [0.717, 1.165) is 0 Å². The van der Waals surface area contributed by atoms with E-state index in [1.54, 1.807) is 31.2 Å². The largest absolute Gasteiger partial charge is 0.439 e. The number of nitrogens with zero attached hydrogens (tertiary/aromatic N) is 1. The number of nitrogens with two attached hydrogens (primary N) is 1. The molecular weight excluding hydrogens is 207 g/mol. The first-order valence-corrected chi connectivity index (χ1v) is 4.82. The van der Waals surface area contributed by atoms with Crippen molar-refractivity contribution in [2.75, 3.05) is 5.73 Å². The molecule has 0 radical (unpaired) electrons. The summed E-state index contributed by atoms with van der Waals surface area (Å²) in [6, 6.07) is 9.42. The maximum absolute atomic E-state index is 12.9. The molecule has 0 saturated carbocycles. The van der Waals surface area contributed by atoms with Crippen LogP contribution < -0.4 is 10.5 Å². The Bertz CT molecular complexity index is 514. The van der Waals surface area contributed by atoms with E-state index >= 15 is 0 Å². The normalized spacial score (nSPS) is 10.1. The van der Waals surface area contributed by atoms with E-state index in [2.05, 4.69) is 4.98 Å². The predicted molar refractivity (Wildman–Crippen MR) is 59.9 cm³/mol. The van der Waals surface area contributed by atoms with Crippen molar-refractivity contribution in [2.24, 2.45) is 0 Å². The van der Waals surface area contributed by atoms with E-state index in [4.69, 9.17) is 10.5 Å². The number of benzene rings is 1. The van der Waals surface area contributed by atoms with Crippen molar-refractivity contribution in [3.63, 3.8) is 0 Å². The third-order valence-electron chi connectivity index (χ3n) is 2.10. The fraction of sp³-hybridized carbons (Fsp3) is 0.0833. The van der Waals surface area contributed by atoms with Crippen LogP contribution in [0.5, 0.6) is 11.6 Å². The van der Waals surface area contributed by atoms with Crippen molar-refractivity contribution >= 4 is 5.82 Å². The number of hydrogen-bond acceptors (Lipinski definition) is 3. The van der Waals surface area contributed by atoms with Gasteiger partial charge in [-0.1, -0.05) is 6.07 Å². The lowest BCUT2D eigenvalue weighted by Gasteiger charge is -2.07. The van der Waals surface area contributed by atoms with Crippen molar-refractivity contribution in [2.45, 2.75) is 6.92 Å². The van der Waals surface area contributed by atoms with Crippen LogP contribution in [0.1, 0.15) is 5.56 Å². The zero-order valence-electron chi connectivity index (χ0n) is 8.77. The summed E-state index contributed by atoms with van der Waals surface area (Å²) in [6.45, 7) is 1.77. The number of ether oxygens (including phenoxy) is 1. The summed E-state index contributed by atoms with van der Waals surface area (Å²) >= 11 is 0. The average Bonchev–Trinajstić information content (AvgIpc) is 2.22. The molecule has 3 nitrogen and oxygen atoms in total. The first kappa shape index (κ1) is 10.4. The molecule has 2 aromatic rings. The summed E-state index contributed by atoms with van der Waals surface area (Å²) in [7, 11) is 0. The Hall–Kier alpha value is -2.10. The number of hydrogen-bond donors (Lipinski definition) is 1. The molecule has 2 rings (SSSR count). The number of halogens is 1. The highest BCUT2D eigenvalue weighted by Gasteiger charge is 2.03. The van der Waals surface area contributed by atoms with Gasteiger partial charge in [0, 0.05) is 6.07 Å². The van der Waals surface area contributed by atoms with Crippen LogP contribution >= 0.6 is 0 Å². The van der Waals surface area contributed by atoms with Gasteiger partial charge in [-0.25, -0.2) is 4.39 Å². The Kier molecular flexibility index (Phi) is 2.72. The third kappa shape index (κ3) is 2.28. The van der Waals surface area contributed by atoms with Gasteiger partial charge in [0.15, 0.2) is 0 Å². The second-order valence-electron chi connectivity index (χ2n) is 3.41. The monoisotopic (exact) mass is 218 g/mol. The second-order valence-corrected chi connectivity index (χ2v) is 3.41. The molecule has 2 N–H and O–H groups in total. The van der Waals surface area contributed by atoms with Crippen molar-refractivity contribution in [1.29, 1.82) is 0 Å². The van der Waals surface area contributed by atoms with Crippen LogP contribution in [0.15, 0.2) is 36.4 Å². The molecule has 16 heavy (non-hydrogen) atoms. The van der Waals surface area contributed by atoms with Gasteiger partial charge in [0.25, 0.3) is 0 Å². The van der Waals surface area contributed by atoms with Crippen LogP contribution in [0.2, 0.25) is 0 Å². The molecule has 4 heteroatoms. The molecule has 0 unspecified atom stereocenters. The topological polar surface area (TPSA) is 48.1 Å². The highest BCUT2D eigenvalue weighted by Crippen LogP contribution is 2.24. The second kappa shape index (κ2) is 4.18. The van der Waals surface area contributed by atoms with E-state index in [-0.39, 0.29) is 5.82 Å². The van der Waals surface area contributed by atoms with Gasteiger partial charge in [-0.2, -0.15) is 4.98 Å². The summed E-state index contributed by atoms with van der Waals surface area (Å²) in [5, 5.41) is 0. The van der Waals surface area contributed by atoms with Crippen LogP contribution in [0.25, 0.3) is 0 Å². The fourth-order valence-corrected chi connectivity index (χ4v) is 1.33. The van der Waals surface area contributed by atoms with Crippen molar-refractivity contribution < 1.29 is 9.13 Å². The number of nitrogen functional groups attached to an aromatic ring is 1. The Balaban J connectivity index is 2.27. The fourth-order valence-electron chi connectivity index (χ4n) is 1.33. The molecule has 82 valence electrons. The Morgan fingerprint density at radius 2 is 2.06 bits per heavy atom. The molecule has 0 saturated heterocycles. The number of pyridine rings is 1. The Morgan fingerprint density at radius 3 is 2.75 bits per heavy atom. The maximum atomic E-state index is 12.9. The zero-order chi connectivity index (χ0) is 11.5. The van der Waals surface area contributed by atoms with Gasteiger partial charge in [0.05, 0.1) is 0 Å². The minimum Gasteiger partial charge on any atom is -0.439 e. The molecule has 0 amide bonds. The van der Waals surface area contributed by atoms with E-state index in [1.807, 2.05) is 0 Å². The molecule has 0 aliphatic carbocycles. The van der Waals surface area contributed by atoms with Gasteiger partial charge in [0.2, 0.25) is 5.88 Å². The molecule has 0 fully saturated rings. The third-order valence-corrected chi connectivity index (χ3v) is 2.10. The van der Waals surface area contributed by atoms with Crippen LogP contribution in [0, 0.1) is 12.7 Å². The summed E-state index contributed by atoms with van der Waals surface area (Å²) < 4.78 is 18.3. The quantitative estimate of drug-likeness (QED) is 0.843. The van der Waals surface area contributed by atoms with Crippen molar-refractivity contribution in [3.8, 4) is 11.6 Å². The molecule has 0 aliphatic heterocycles. The Morgan fingerprint density at radius 1 is 1.25 bits per heavy atom. The highest BCUT2D eigenvalue weighted by molar-refractivity contribution is 5.37. The average molecular weight is 218 g/mol. The molecule has 1 heterocycles. The summed E-state index contributed by atoms with van der Waals surface area (Å²) in [5.74, 6) is 1.07. The number of aromatic nitrogens is 1. The van der Waals surface area contributed by atoms with Gasteiger partial charge >= 0.3 is 0 Å². The molecule has 0 aliphatic rings. The molecule has 0 bridgehead atoms. The van der Waals surface area contributed by atoms with E-state index < -0.39 is 0 Å². The lowest BCUT2D eigenvalue weighted by atomic mass is 10.2. The predicted octanol–water partition coefficient (Wildman–Crippen LogP) is 2.90. The molecule has 1 aromatic carbocycles. The van der Waals surface area contributed by atoms with Gasteiger partial charge in [-0.05, 0) is 36.8 Å². The van der Waals surface area contributed by atoms with Gasteiger partial charge in [0.1, 0.15) is 17.4 Å². The summed E-state index contributed by atoms with van der Waals surface area (Å²) in [5.41, 5.74) is 6.24. The van der Waals surface area contributed by atoms with E-state index in [9.17, 15) is 4.39 Å². The first-order valence-electron chi connectivity index (χ1n) is 4.82. The minimum absolute atomic E-state index is 0.287. The number of rotatable bonds is 2.